The number of hydrogen-bond donors (Lipinski definition) is 4. The van der Waals surface area contributed by atoms with Crippen molar-refractivity contribution >= 4 is 51.3 Å². The van der Waals surface area contributed by atoms with Crippen molar-refractivity contribution in [2.75, 3.05) is 0 Å². The van der Waals surface area contributed by atoms with Crippen LogP contribution < -0.4 is 108 Å². The van der Waals surface area contributed by atoms with Crippen molar-refractivity contribution in [3.05, 3.63) is 132 Å². The summed E-state index contributed by atoms with van der Waals surface area (Å²) >= 11 is 3.46. The molecule has 1 aliphatic rings. The average Bonchev–Trinajstić information content (AvgIpc) is 3.65. The van der Waals surface area contributed by atoms with Gasteiger partial charge in [-0.1, -0.05) is 64.5 Å². The van der Waals surface area contributed by atoms with Crippen LogP contribution in [0.5, 0.6) is 0 Å². The minimum Gasteiger partial charge on any atom is -1.00 e. The van der Waals surface area contributed by atoms with Gasteiger partial charge in [0.05, 0.1) is 0 Å². The maximum Gasteiger partial charge on any atom is 1.00 e. The van der Waals surface area contributed by atoms with E-state index in [2.05, 4.69) is 97.5 Å². The van der Waals surface area contributed by atoms with Gasteiger partial charge in [-0.25, -0.2) is 0 Å². The Bertz CT molecular complexity index is 1540. The van der Waals surface area contributed by atoms with Crippen molar-refractivity contribution in [3.8, 4) is 11.1 Å². The Morgan fingerprint density at radius 3 is 1.98 bits per heavy atom. The number of aromatic nitrogens is 2. The summed E-state index contributed by atoms with van der Waals surface area (Å²) in [5.74, 6) is 0. The summed E-state index contributed by atoms with van der Waals surface area (Å²) in [5, 5.41) is 28.0. The largest absolute Gasteiger partial charge is 1.00 e. The van der Waals surface area contributed by atoms with E-state index < -0.39 is 7.12 Å². The van der Waals surface area contributed by atoms with Crippen LogP contribution in [0.2, 0.25) is 0 Å². The number of carbonyl (C=O) groups is 1. The second-order valence-electron chi connectivity index (χ2n) is 7.67. The minimum absolute atomic E-state index is 0. The molecule has 0 atom stereocenters. The number of rotatable bonds is 3. The number of allylic oxidation sites excluding steroid dienone is 6. The third kappa shape index (κ3) is 11.7. The predicted molar refractivity (Wildman–Crippen MR) is 153 cm³/mol. The number of fused-ring (bicyclic) bond motifs is 2. The van der Waals surface area contributed by atoms with Crippen LogP contribution >= 0.6 is 15.9 Å². The molecule has 2 aromatic heterocycles. The van der Waals surface area contributed by atoms with Gasteiger partial charge in [-0.15, -0.1) is 0 Å². The van der Waals surface area contributed by atoms with Crippen LogP contribution in [0.15, 0.2) is 126 Å². The topological polar surface area (TPSA) is 121 Å². The van der Waals surface area contributed by atoms with E-state index in [0.717, 1.165) is 4.47 Å². The Labute approximate surface area is 328 Å². The monoisotopic (exact) mass is 649 g/mol. The normalized spacial score (nSPS) is 10.4. The average molecular weight is 650 g/mol. The first-order valence-electron chi connectivity index (χ1n) is 11.4. The van der Waals surface area contributed by atoms with Crippen molar-refractivity contribution in [2.24, 2.45) is 0 Å². The maximum atomic E-state index is 8.64. The van der Waals surface area contributed by atoms with Gasteiger partial charge in [-0.2, -0.15) is 0 Å². The molecule has 1 aliphatic carbocycles. The van der Waals surface area contributed by atoms with Crippen LogP contribution in [0.25, 0.3) is 32.9 Å². The molecule has 0 unspecified atom stereocenters. The number of halogens is 1. The molecular formula is C29H25BBrK2N2O5+. The first-order valence-corrected chi connectivity index (χ1v) is 12.2. The van der Waals surface area contributed by atoms with E-state index in [4.69, 9.17) is 20.1 Å². The number of benzene rings is 3. The standard InChI is InChI=1S/C14H11N.C8H6BrN.C6H6BO2.CH2O3.2K.H/c1-2-5-11(6-3-1)12-7-4-8-14-13(12)9-10-15-14;9-7-2-1-3-8-6(7)4-5-10-8;8-7(9)6-4-2-1-3-5-6;2-1-4-3;;;/h1-10,15H;1-5,10H;1-4,8-9H;1,3H;;;/q;;+1;;2*+1;-1/p-1. The molecule has 2 heterocycles. The van der Waals surface area contributed by atoms with Crippen LogP contribution in [0, 0.1) is 6.08 Å². The molecule has 4 N–H and O–H groups in total. The molecule has 5 aromatic rings. The molecule has 3 aromatic carbocycles. The zero-order valence-electron chi connectivity index (χ0n) is 23.1. The molecule has 0 saturated carbocycles. The predicted octanol–water partition coefficient (Wildman–Crippen LogP) is -0.826. The molecule has 0 radical (unpaired) electrons. The van der Waals surface area contributed by atoms with Crippen LogP contribution in [0.1, 0.15) is 1.43 Å². The SMILES string of the molecule is Brc1cccc2[nH]ccc12.O=CO[O-].OB(O)C1=CC=CC=[C+]1.[H-].[K+].[K+].c1ccc(-c2cccc3[nH]ccc23)cc1. The Morgan fingerprint density at radius 1 is 0.850 bits per heavy atom. The fourth-order valence-electron chi connectivity index (χ4n) is 3.57. The second kappa shape index (κ2) is 20.8. The van der Waals surface area contributed by atoms with Crippen molar-refractivity contribution in [1.82, 2.24) is 9.97 Å². The van der Waals surface area contributed by atoms with Crippen LogP contribution in [0.3, 0.4) is 0 Å². The number of carbonyl (C=O) groups excluding carboxylic acids is 1. The Morgan fingerprint density at radius 2 is 1.45 bits per heavy atom. The van der Waals surface area contributed by atoms with Crippen LogP contribution in [-0.2, 0) is 9.68 Å². The van der Waals surface area contributed by atoms with Crippen LogP contribution in [-0.4, -0.2) is 33.6 Å². The van der Waals surface area contributed by atoms with Gasteiger partial charge in [0, 0.05) is 63.0 Å². The fourth-order valence-corrected chi connectivity index (χ4v) is 4.07. The third-order valence-corrected chi connectivity index (χ3v) is 5.96. The summed E-state index contributed by atoms with van der Waals surface area (Å²) in [6, 6.07) is 27.1. The molecule has 192 valence electrons. The zero-order chi connectivity index (χ0) is 27.2. The van der Waals surface area contributed by atoms with E-state index in [-0.39, 0.29) is 111 Å². The smallest absolute Gasteiger partial charge is 1.00 e. The fraction of sp³-hybridized carbons (Fsp3) is 0. The van der Waals surface area contributed by atoms with Gasteiger partial charge in [0.25, 0.3) is 6.47 Å². The minimum atomic E-state index is -1.40. The van der Waals surface area contributed by atoms with Gasteiger partial charge in [0.2, 0.25) is 0 Å². The molecule has 0 aliphatic heterocycles. The van der Waals surface area contributed by atoms with E-state index in [9.17, 15) is 0 Å². The van der Waals surface area contributed by atoms with Crippen molar-refractivity contribution in [1.29, 1.82) is 0 Å². The molecule has 0 saturated heterocycles. The van der Waals surface area contributed by atoms with E-state index in [1.165, 1.54) is 32.9 Å². The summed E-state index contributed by atoms with van der Waals surface area (Å²) in [6.45, 7) is -0.181. The Kier molecular flexibility index (Phi) is 19.3. The Hall–Kier alpha value is -0.962. The summed E-state index contributed by atoms with van der Waals surface area (Å²) < 4.78 is 1.14. The molecule has 11 heteroatoms. The number of hydrogen-bond acceptors (Lipinski definition) is 5. The van der Waals surface area contributed by atoms with E-state index in [0.29, 0.717) is 5.47 Å². The summed E-state index contributed by atoms with van der Waals surface area (Å²) in [7, 11) is -1.40. The van der Waals surface area contributed by atoms with Crippen molar-refractivity contribution in [2.45, 2.75) is 0 Å². The molecule has 6 rings (SSSR count). The quantitative estimate of drug-likeness (QED) is 0.0669. The molecular weight excluding hydrogens is 625 g/mol. The molecule has 40 heavy (non-hydrogen) atoms. The maximum absolute atomic E-state index is 8.64. The van der Waals surface area contributed by atoms with Crippen LogP contribution in [0.4, 0.5) is 0 Å². The van der Waals surface area contributed by atoms with E-state index >= 15 is 0 Å². The molecule has 0 bridgehead atoms. The summed E-state index contributed by atoms with van der Waals surface area (Å²) in [5.41, 5.74) is 5.32. The number of H-pyrrole nitrogens is 2. The van der Waals surface area contributed by atoms with Gasteiger partial charge in [-0.3, -0.25) is 4.79 Å². The van der Waals surface area contributed by atoms with Crippen molar-refractivity contribution < 1.29 is 129 Å². The van der Waals surface area contributed by atoms with E-state index in [1.807, 2.05) is 30.6 Å². The summed E-state index contributed by atoms with van der Waals surface area (Å²) in [6.07, 6.45) is 13.3. The Balaban J connectivity index is 0.000000548. The zero-order valence-corrected chi connectivity index (χ0v) is 30.0. The first-order chi connectivity index (χ1) is 18.5. The van der Waals surface area contributed by atoms with Gasteiger partial charge in [-0.05, 0) is 41.5 Å². The number of aromatic amines is 2. The molecule has 0 fully saturated rings. The number of nitrogens with one attached hydrogen (secondary N) is 2. The van der Waals surface area contributed by atoms with Gasteiger partial charge >= 0.3 is 110 Å². The summed E-state index contributed by atoms with van der Waals surface area (Å²) in [4.78, 5) is 17.6. The second-order valence-corrected chi connectivity index (χ2v) is 8.53. The van der Waals surface area contributed by atoms with Gasteiger partial charge < -0.3 is 31.6 Å². The molecule has 0 amide bonds. The van der Waals surface area contributed by atoms with Crippen molar-refractivity contribution in [3.63, 3.8) is 0 Å². The third-order valence-electron chi connectivity index (χ3n) is 5.27. The van der Waals surface area contributed by atoms with E-state index in [1.54, 1.807) is 24.3 Å². The first kappa shape index (κ1) is 37.1. The van der Waals surface area contributed by atoms with Gasteiger partial charge in [0.1, 0.15) is 11.5 Å². The van der Waals surface area contributed by atoms with Gasteiger partial charge in [0.15, 0.2) is 0 Å². The molecule has 0 spiro atoms. The molecule has 7 nitrogen and oxygen atoms in total.